The molecule has 1 rings (SSSR count). The average Bonchev–Trinajstić information content (AvgIpc) is 2.42. The Kier molecular flexibility index (Phi) is 7.59. The minimum absolute atomic E-state index is 0.177. The van der Waals surface area contributed by atoms with Gasteiger partial charge in [0.25, 0.3) is 0 Å². The zero-order valence-corrected chi connectivity index (χ0v) is 13.2. The summed E-state index contributed by atoms with van der Waals surface area (Å²) in [7, 11) is -3.26. The molecule has 114 valence electrons. The summed E-state index contributed by atoms with van der Waals surface area (Å²) < 4.78 is 24.2. The molecule has 2 N–H and O–H groups in total. The number of unbranched alkanes of at least 4 members (excludes halogenated alkanes) is 7. The van der Waals surface area contributed by atoms with Gasteiger partial charge in [0.15, 0.2) is 9.84 Å². The molecule has 5 heteroatoms. The van der Waals surface area contributed by atoms with E-state index in [9.17, 15) is 8.42 Å². The summed E-state index contributed by atoms with van der Waals surface area (Å²) in [6, 6.07) is 1.48. The van der Waals surface area contributed by atoms with E-state index in [0.29, 0.717) is 6.42 Å². The lowest BCUT2D eigenvalue weighted by molar-refractivity contribution is 0.572. The largest absolute Gasteiger partial charge is 0.396 e. The summed E-state index contributed by atoms with van der Waals surface area (Å²) >= 11 is 0. The van der Waals surface area contributed by atoms with Crippen molar-refractivity contribution in [3.05, 3.63) is 18.5 Å². The first-order valence-corrected chi connectivity index (χ1v) is 9.15. The van der Waals surface area contributed by atoms with Crippen LogP contribution in [0.25, 0.3) is 0 Å². The molecule has 0 spiro atoms. The van der Waals surface area contributed by atoms with Crippen LogP contribution in [0, 0.1) is 0 Å². The molecule has 0 unspecified atom stereocenters. The Labute approximate surface area is 122 Å². The van der Waals surface area contributed by atoms with Crippen molar-refractivity contribution in [2.45, 2.75) is 63.2 Å². The zero-order chi connectivity index (χ0) is 14.8. The highest BCUT2D eigenvalue weighted by atomic mass is 32.2. The van der Waals surface area contributed by atoms with Crippen molar-refractivity contribution in [3.8, 4) is 0 Å². The molecule has 0 radical (unpaired) electrons. The van der Waals surface area contributed by atoms with Crippen LogP contribution in [0.15, 0.2) is 23.4 Å². The van der Waals surface area contributed by atoms with E-state index in [1.165, 1.54) is 50.6 Å². The fraction of sp³-hybridized carbons (Fsp3) is 0.667. The lowest BCUT2D eigenvalue weighted by Crippen LogP contribution is -2.09. The standard InChI is InChI=1S/C15H26N2O2S/c1-2-3-4-5-6-7-8-9-12-20(18,19)15-10-11-17-13-14(15)16/h10-11,13H,2-9,12,16H2,1H3. The van der Waals surface area contributed by atoms with E-state index in [2.05, 4.69) is 11.9 Å². The molecule has 0 amide bonds. The third-order valence-corrected chi connectivity index (χ3v) is 5.28. The first kappa shape index (κ1) is 17.0. The fourth-order valence-corrected chi connectivity index (χ4v) is 3.70. The van der Waals surface area contributed by atoms with E-state index in [-0.39, 0.29) is 16.3 Å². The molecule has 0 aliphatic heterocycles. The summed E-state index contributed by atoms with van der Waals surface area (Å²) in [5, 5.41) is 0. The highest BCUT2D eigenvalue weighted by molar-refractivity contribution is 7.91. The van der Waals surface area contributed by atoms with Crippen molar-refractivity contribution < 1.29 is 8.42 Å². The molecule has 1 heterocycles. The van der Waals surface area contributed by atoms with Gasteiger partial charge >= 0.3 is 0 Å². The predicted molar refractivity (Wildman–Crippen MR) is 83.3 cm³/mol. The Morgan fingerprint density at radius 1 is 1.05 bits per heavy atom. The second-order valence-electron chi connectivity index (χ2n) is 5.21. The zero-order valence-electron chi connectivity index (χ0n) is 12.3. The lowest BCUT2D eigenvalue weighted by Gasteiger charge is -2.06. The summed E-state index contributed by atoms with van der Waals surface area (Å²) in [6.45, 7) is 2.20. The summed E-state index contributed by atoms with van der Waals surface area (Å²) in [4.78, 5) is 4.03. The molecular formula is C15H26N2O2S. The second kappa shape index (κ2) is 8.95. The summed E-state index contributed by atoms with van der Waals surface area (Å²) in [6.07, 6.45) is 12.0. The van der Waals surface area contributed by atoms with Crippen LogP contribution in [-0.4, -0.2) is 19.2 Å². The van der Waals surface area contributed by atoms with Crippen molar-refractivity contribution in [1.82, 2.24) is 4.98 Å². The van der Waals surface area contributed by atoms with Crippen LogP contribution in [0.5, 0.6) is 0 Å². The molecule has 0 saturated heterocycles. The maximum Gasteiger partial charge on any atom is 0.180 e. The fourth-order valence-electron chi connectivity index (χ4n) is 2.21. The maximum atomic E-state index is 12.1. The van der Waals surface area contributed by atoms with Crippen LogP contribution in [0.4, 0.5) is 5.69 Å². The Balaban J connectivity index is 2.26. The Morgan fingerprint density at radius 2 is 1.65 bits per heavy atom. The van der Waals surface area contributed by atoms with E-state index in [4.69, 9.17) is 5.73 Å². The monoisotopic (exact) mass is 298 g/mol. The highest BCUT2D eigenvalue weighted by Gasteiger charge is 2.16. The Hall–Kier alpha value is -1.10. The number of nitrogen functional groups attached to an aromatic ring is 1. The molecule has 0 aliphatic carbocycles. The molecular weight excluding hydrogens is 272 g/mol. The van der Waals surface area contributed by atoms with Crippen molar-refractivity contribution in [3.63, 3.8) is 0 Å². The molecule has 0 saturated carbocycles. The molecule has 0 atom stereocenters. The minimum Gasteiger partial charge on any atom is -0.396 e. The maximum absolute atomic E-state index is 12.1. The lowest BCUT2D eigenvalue weighted by atomic mass is 10.1. The number of sulfone groups is 1. The number of aromatic nitrogens is 1. The average molecular weight is 298 g/mol. The predicted octanol–water partition coefficient (Wildman–Crippen LogP) is 3.58. The molecule has 20 heavy (non-hydrogen) atoms. The minimum atomic E-state index is -3.26. The molecule has 0 bridgehead atoms. The van der Waals surface area contributed by atoms with Gasteiger partial charge in [-0.2, -0.15) is 0 Å². The van der Waals surface area contributed by atoms with Gasteiger partial charge in [0.1, 0.15) is 0 Å². The molecule has 0 aliphatic rings. The van der Waals surface area contributed by atoms with E-state index < -0.39 is 9.84 Å². The summed E-state index contributed by atoms with van der Waals surface area (Å²) in [5.74, 6) is 0.177. The van der Waals surface area contributed by atoms with Crippen LogP contribution in [-0.2, 0) is 9.84 Å². The van der Waals surface area contributed by atoms with Gasteiger partial charge in [-0.05, 0) is 12.5 Å². The van der Waals surface area contributed by atoms with E-state index in [1.807, 2.05) is 0 Å². The first-order chi connectivity index (χ1) is 9.58. The van der Waals surface area contributed by atoms with Gasteiger partial charge in [-0.15, -0.1) is 0 Å². The van der Waals surface area contributed by atoms with Gasteiger partial charge in [0.05, 0.1) is 22.5 Å². The second-order valence-corrected chi connectivity index (χ2v) is 7.28. The molecule has 0 aromatic carbocycles. The Bertz CT molecular complexity index is 486. The van der Waals surface area contributed by atoms with Crippen molar-refractivity contribution in [1.29, 1.82) is 0 Å². The molecule has 0 fully saturated rings. The van der Waals surface area contributed by atoms with Crippen molar-refractivity contribution in [2.75, 3.05) is 11.5 Å². The summed E-state index contributed by atoms with van der Waals surface area (Å²) in [5.41, 5.74) is 5.91. The van der Waals surface area contributed by atoms with Crippen LogP contribution < -0.4 is 5.73 Å². The van der Waals surface area contributed by atoms with Gasteiger partial charge in [0, 0.05) is 6.20 Å². The number of nitrogens with zero attached hydrogens (tertiary/aromatic N) is 1. The molecule has 1 aromatic rings. The number of hydrogen-bond acceptors (Lipinski definition) is 4. The number of nitrogens with two attached hydrogens (primary N) is 1. The van der Waals surface area contributed by atoms with E-state index in [1.54, 1.807) is 0 Å². The quantitative estimate of drug-likeness (QED) is 0.670. The van der Waals surface area contributed by atoms with E-state index in [0.717, 1.165) is 12.8 Å². The molecule has 4 nitrogen and oxygen atoms in total. The van der Waals surface area contributed by atoms with Gasteiger partial charge < -0.3 is 5.73 Å². The van der Waals surface area contributed by atoms with Crippen LogP contribution >= 0.6 is 0 Å². The molecule has 1 aromatic heterocycles. The number of pyridine rings is 1. The van der Waals surface area contributed by atoms with Gasteiger partial charge in [-0.3, -0.25) is 4.98 Å². The van der Waals surface area contributed by atoms with Gasteiger partial charge in [0.2, 0.25) is 0 Å². The smallest absolute Gasteiger partial charge is 0.180 e. The third-order valence-electron chi connectivity index (χ3n) is 3.41. The van der Waals surface area contributed by atoms with E-state index >= 15 is 0 Å². The Morgan fingerprint density at radius 3 is 2.25 bits per heavy atom. The normalized spacial score (nSPS) is 11.7. The van der Waals surface area contributed by atoms with Gasteiger partial charge in [-0.1, -0.05) is 51.9 Å². The van der Waals surface area contributed by atoms with Crippen molar-refractivity contribution >= 4 is 15.5 Å². The topological polar surface area (TPSA) is 73.0 Å². The highest BCUT2D eigenvalue weighted by Crippen LogP contribution is 2.19. The number of rotatable bonds is 10. The van der Waals surface area contributed by atoms with Crippen LogP contribution in [0.2, 0.25) is 0 Å². The van der Waals surface area contributed by atoms with Gasteiger partial charge in [-0.25, -0.2) is 8.42 Å². The van der Waals surface area contributed by atoms with Crippen LogP contribution in [0.1, 0.15) is 58.3 Å². The number of anilines is 1. The SMILES string of the molecule is CCCCCCCCCCS(=O)(=O)c1ccncc1N. The number of hydrogen-bond donors (Lipinski definition) is 1. The van der Waals surface area contributed by atoms with Crippen LogP contribution in [0.3, 0.4) is 0 Å². The third kappa shape index (κ3) is 5.90. The first-order valence-electron chi connectivity index (χ1n) is 7.50. The van der Waals surface area contributed by atoms with Crippen molar-refractivity contribution in [2.24, 2.45) is 0 Å².